The summed E-state index contributed by atoms with van der Waals surface area (Å²) in [5.41, 5.74) is 4.22. The number of hydrogen-bond donors (Lipinski definition) is 1. The summed E-state index contributed by atoms with van der Waals surface area (Å²) in [5.74, 6) is 1.17. The van der Waals surface area contributed by atoms with Gasteiger partial charge in [-0.1, -0.05) is 23.5 Å². The third-order valence-corrected chi connectivity index (χ3v) is 5.65. The predicted octanol–water partition coefficient (Wildman–Crippen LogP) is 5.71. The fourth-order valence-electron chi connectivity index (χ4n) is 3.42. The lowest BCUT2D eigenvalue weighted by atomic mass is 9.99. The van der Waals surface area contributed by atoms with Crippen LogP contribution in [-0.4, -0.2) is 29.8 Å². The first-order valence-electron chi connectivity index (χ1n) is 10.1. The highest BCUT2D eigenvalue weighted by Gasteiger charge is 2.15. The molecule has 0 unspecified atom stereocenters. The molecule has 0 spiro atoms. The number of hydrogen-bond acceptors (Lipinski definition) is 7. The van der Waals surface area contributed by atoms with Crippen molar-refractivity contribution >= 4 is 38.9 Å². The van der Waals surface area contributed by atoms with Crippen molar-refractivity contribution in [3.63, 3.8) is 0 Å². The Kier molecular flexibility index (Phi) is 6.23. The Morgan fingerprint density at radius 2 is 2.00 bits per heavy atom. The van der Waals surface area contributed by atoms with Gasteiger partial charge in [-0.2, -0.15) is 0 Å². The molecule has 0 radical (unpaired) electrons. The van der Waals surface area contributed by atoms with Crippen LogP contribution in [0, 0.1) is 6.92 Å². The van der Waals surface area contributed by atoms with Gasteiger partial charge in [0.25, 0.3) is 0 Å². The fraction of sp³-hybridized carbons (Fsp3) is 0.208. The number of anilines is 1. The second kappa shape index (κ2) is 9.23. The molecule has 0 fully saturated rings. The highest BCUT2D eigenvalue weighted by molar-refractivity contribution is 7.15. The van der Waals surface area contributed by atoms with Gasteiger partial charge in [0.05, 0.1) is 20.0 Å². The van der Waals surface area contributed by atoms with Gasteiger partial charge < -0.3 is 13.9 Å². The number of benzene rings is 2. The number of carbonyl (C=O) groups is 1. The second-order valence-electron chi connectivity index (χ2n) is 7.10. The molecule has 7 nitrogen and oxygen atoms in total. The zero-order valence-electron chi connectivity index (χ0n) is 18.3. The molecule has 0 bridgehead atoms. The minimum Gasteiger partial charge on any atom is -0.496 e. The Balaban J connectivity index is 1.69. The first-order valence-corrected chi connectivity index (χ1v) is 10.9. The molecule has 164 valence electrons. The number of furan rings is 1. The average molecular weight is 450 g/mol. The molecule has 2 aromatic carbocycles. The monoisotopic (exact) mass is 449 g/mol. The molecule has 2 aromatic heterocycles. The van der Waals surface area contributed by atoms with E-state index in [-0.39, 0.29) is 5.91 Å². The summed E-state index contributed by atoms with van der Waals surface area (Å²) in [5, 5.41) is 12.8. The van der Waals surface area contributed by atoms with Gasteiger partial charge in [0, 0.05) is 28.7 Å². The third-order valence-electron chi connectivity index (χ3n) is 4.90. The Hall–Kier alpha value is -3.65. The first kappa shape index (κ1) is 21.6. The summed E-state index contributed by atoms with van der Waals surface area (Å²) in [6, 6.07) is 11.7. The predicted molar refractivity (Wildman–Crippen MR) is 126 cm³/mol. The maximum Gasteiger partial charge on any atom is 0.250 e. The molecular formula is C24H23N3O4S. The molecule has 4 rings (SSSR count). The number of nitrogens with zero attached hydrogens (tertiary/aromatic N) is 2. The molecule has 0 aliphatic rings. The molecule has 2 heterocycles. The van der Waals surface area contributed by atoms with Crippen LogP contribution in [0.1, 0.15) is 24.4 Å². The van der Waals surface area contributed by atoms with Crippen LogP contribution in [0.4, 0.5) is 5.13 Å². The van der Waals surface area contributed by atoms with Gasteiger partial charge in [-0.15, -0.1) is 10.2 Å². The molecule has 0 aliphatic heterocycles. The lowest BCUT2D eigenvalue weighted by Gasteiger charge is -2.10. The highest BCUT2D eigenvalue weighted by atomic mass is 32.1. The minimum absolute atomic E-state index is 0.278. The summed E-state index contributed by atoms with van der Waals surface area (Å²) in [4.78, 5) is 12.5. The van der Waals surface area contributed by atoms with E-state index in [2.05, 4.69) is 15.5 Å². The number of aromatic nitrogens is 2. The fourth-order valence-corrected chi connectivity index (χ4v) is 4.01. The summed E-state index contributed by atoms with van der Waals surface area (Å²) in [6.45, 7) is 6.28. The van der Waals surface area contributed by atoms with E-state index in [0.717, 1.165) is 38.4 Å². The number of fused-ring (bicyclic) bond motifs is 1. The molecule has 0 saturated carbocycles. The van der Waals surface area contributed by atoms with E-state index in [1.54, 1.807) is 13.4 Å². The molecule has 32 heavy (non-hydrogen) atoms. The Morgan fingerprint density at radius 3 is 2.66 bits per heavy atom. The van der Waals surface area contributed by atoms with Crippen molar-refractivity contribution < 1.29 is 18.7 Å². The smallest absolute Gasteiger partial charge is 0.250 e. The number of allylic oxidation sites excluding steroid dienone is 1. The van der Waals surface area contributed by atoms with Crippen molar-refractivity contribution in [2.45, 2.75) is 20.8 Å². The van der Waals surface area contributed by atoms with Crippen molar-refractivity contribution in [3.05, 3.63) is 59.3 Å². The quantitative estimate of drug-likeness (QED) is 0.364. The maximum absolute atomic E-state index is 12.5. The number of rotatable bonds is 7. The number of ether oxygens (including phenoxy) is 2. The van der Waals surface area contributed by atoms with E-state index in [1.165, 1.54) is 17.4 Å². The van der Waals surface area contributed by atoms with Gasteiger partial charge in [0.1, 0.15) is 22.1 Å². The van der Waals surface area contributed by atoms with E-state index < -0.39 is 0 Å². The van der Waals surface area contributed by atoms with Crippen LogP contribution in [0.15, 0.2) is 53.2 Å². The van der Waals surface area contributed by atoms with Crippen LogP contribution in [0.5, 0.6) is 11.5 Å². The molecule has 0 saturated heterocycles. The Morgan fingerprint density at radius 1 is 1.22 bits per heavy atom. The maximum atomic E-state index is 12.5. The summed E-state index contributed by atoms with van der Waals surface area (Å²) in [6.07, 6.45) is 3.25. The van der Waals surface area contributed by atoms with E-state index >= 15 is 0 Å². The van der Waals surface area contributed by atoms with Gasteiger partial charge in [-0.05, 0) is 50.1 Å². The normalized spacial score (nSPS) is 11.6. The number of carbonyl (C=O) groups excluding carboxylic acids is 1. The zero-order valence-corrected chi connectivity index (χ0v) is 19.1. The number of methoxy groups -OCH3 is 1. The van der Waals surface area contributed by atoms with Crippen LogP contribution in [0.25, 0.3) is 27.7 Å². The number of nitrogens with one attached hydrogen (secondary N) is 1. The molecular weight excluding hydrogens is 426 g/mol. The van der Waals surface area contributed by atoms with Crippen LogP contribution in [0.2, 0.25) is 0 Å². The lowest BCUT2D eigenvalue weighted by Crippen LogP contribution is -2.08. The van der Waals surface area contributed by atoms with E-state index in [4.69, 9.17) is 13.9 Å². The van der Waals surface area contributed by atoms with Crippen molar-refractivity contribution in [1.29, 1.82) is 0 Å². The average Bonchev–Trinajstić information content (AvgIpc) is 3.38. The molecule has 4 aromatic rings. The third kappa shape index (κ3) is 4.50. The van der Waals surface area contributed by atoms with Gasteiger partial charge in [-0.3, -0.25) is 10.1 Å². The lowest BCUT2D eigenvalue weighted by molar-refractivity contribution is -0.111. The molecule has 1 N–H and O–H groups in total. The minimum atomic E-state index is -0.278. The first-order chi connectivity index (χ1) is 15.5. The molecule has 0 atom stereocenters. The molecule has 1 amide bonds. The van der Waals surface area contributed by atoms with E-state index in [1.807, 2.05) is 57.2 Å². The van der Waals surface area contributed by atoms with Crippen LogP contribution in [0.3, 0.4) is 0 Å². The van der Waals surface area contributed by atoms with Crippen molar-refractivity contribution in [1.82, 2.24) is 10.2 Å². The Bertz CT molecular complexity index is 1290. The zero-order chi connectivity index (χ0) is 22.7. The van der Waals surface area contributed by atoms with Crippen LogP contribution >= 0.6 is 11.3 Å². The van der Waals surface area contributed by atoms with E-state index in [9.17, 15) is 4.79 Å². The number of amides is 1. The summed E-state index contributed by atoms with van der Waals surface area (Å²) >= 11 is 1.32. The largest absolute Gasteiger partial charge is 0.496 e. The summed E-state index contributed by atoms with van der Waals surface area (Å²) in [7, 11) is 1.60. The second-order valence-corrected chi connectivity index (χ2v) is 8.28. The standard InChI is InChI=1S/C24H23N3O4S/c1-5-30-17-8-6-16(7-9-17)20-13-31-22-12-21(29-4)18(11-19(20)22)14(2)10-23(28)25-24-27-26-15(3)32-24/h6-13H,5H2,1-4H3,(H,25,27,28)/b14-10+. The van der Waals surface area contributed by atoms with Crippen molar-refractivity contribution in [2.75, 3.05) is 19.0 Å². The molecule has 8 heteroatoms. The SMILES string of the molecule is CCOc1ccc(-c2coc3cc(OC)c(/C(C)=C/C(=O)Nc4nnc(C)s4)cc23)cc1. The van der Waals surface area contributed by atoms with Gasteiger partial charge in [0.15, 0.2) is 0 Å². The Labute approximate surface area is 189 Å². The molecule has 0 aliphatic carbocycles. The van der Waals surface area contributed by atoms with E-state index in [0.29, 0.717) is 23.1 Å². The van der Waals surface area contributed by atoms with Gasteiger partial charge in [-0.25, -0.2) is 0 Å². The van der Waals surface area contributed by atoms with Crippen molar-refractivity contribution in [3.8, 4) is 22.6 Å². The topological polar surface area (TPSA) is 86.5 Å². The van der Waals surface area contributed by atoms with Crippen LogP contribution < -0.4 is 14.8 Å². The van der Waals surface area contributed by atoms with Gasteiger partial charge in [0.2, 0.25) is 11.0 Å². The van der Waals surface area contributed by atoms with Gasteiger partial charge >= 0.3 is 0 Å². The highest BCUT2D eigenvalue weighted by Crippen LogP contribution is 2.37. The summed E-state index contributed by atoms with van der Waals surface area (Å²) < 4.78 is 16.9. The number of aryl methyl sites for hydroxylation is 1. The van der Waals surface area contributed by atoms with Crippen LogP contribution in [-0.2, 0) is 4.79 Å². The van der Waals surface area contributed by atoms with Crippen molar-refractivity contribution in [2.24, 2.45) is 0 Å².